The van der Waals surface area contributed by atoms with Crippen molar-refractivity contribution in [3.05, 3.63) is 58.8 Å². The van der Waals surface area contributed by atoms with Gasteiger partial charge in [-0.2, -0.15) is 0 Å². The molecule has 36 heavy (non-hydrogen) atoms. The number of ether oxygens (including phenoxy) is 2. The number of nitrogens with zero attached hydrogens (tertiary/aromatic N) is 5. The summed E-state index contributed by atoms with van der Waals surface area (Å²) in [6.07, 6.45) is 3.18. The average Bonchev–Trinajstić information content (AvgIpc) is 2.87. The van der Waals surface area contributed by atoms with E-state index >= 15 is 0 Å². The molecule has 1 saturated heterocycles. The van der Waals surface area contributed by atoms with Crippen LogP contribution in [0.2, 0.25) is 0 Å². The monoisotopic (exact) mass is 496 g/mol. The van der Waals surface area contributed by atoms with E-state index in [0.717, 1.165) is 5.69 Å². The Morgan fingerprint density at radius 1 is 1.31 bits per heavy atom. The summed E-state index contributed by atoms with van der Waals surface area (Å²) in [4.78, 5) is 23.1. The third-order valence-corrected chi connectivity index (χ3v) is 5.58. The number of hydrogen-bond acceptors (Lipinski definition) is 8. The van der Waals surface area contributed by atoms with Gasteiger partial charge in [-0.1, -0.05) is 0 Å². The van der Waals surface area contributed by atoms with Crippen molar-refractivity contribution in [2.45, 2.75) is 40.3 Å². The summed E-state index contributed by atoms with van der Waals surface area (Å²) in [7, 11) is 0. The molecule has 0 saturated carbocycles. The molecule has 2 aromatic rings. The standard InChI is InChI=1S/C26H33FN6O3/c1-7-36-25-22(33-10-12-35-13-11-33)16-21(31-32-25)20(18(3)28-6)14-17(2)30-24(34)19-8-9-29-23(15-19)26(4,5)27/h8-9,14-16H,6-7,10-13H2,1-5H3,(H,30,34)/b17-14+,20-18+. The Morgan fingerprint density at radius 2 is 2.03 bits per heavy atom. The number of morpholine rings is 1. The van der Waals surface area contributed by atoms with E-state index in [1.54, 1.807) is 19.9 Å². The van der Waals surface area contributed by atoms with Gasteiger partial charge in [0.1, 0.15) is 11.4 Å². The number of carbonyl (C=O) groups is 1. The van der Waals surface area contributed by atoms with Crippen LogP contribution >= 0.6 is 0 Å². The van der Waals surface area contributed by atoms with Gasteiger partial charge in [-0.15, -0.1) is 10.2 Å². The number of allylic oxidation sites excluding steroid dienone is 4. The molecule has 0 unspecified atom stereocenters. The van der Waals surface area contributed by atoms with Crippen LogP contribution in [0.15, 0.2) is 46.9 Å². The second-order valence-electron chi connectivity index (χ2n) is 8.79. The summed E-state index contributed by atoms with van der Waals surface area (Å²) in [6.45, 7) is 15.0. The molecule has 1 fully saturated rings. The van der Waals surface area contributed by atoms with Gasteiger partial charge in [0.2, 0.25) is 0 Å². The molecule has 0 atom stereocenters. The van der Waals surface area contributed by atoms with Gasteiger partial charge < -0.3 is 19.7 Å². The van der Waals surface area contributed by atoms with Crippen LogP contribution in [0.25, 0.3) is 5.57 Å². The number of hydrogen-bond donors (Lipinski definition) is 1. The number of pyridine rings is 1. The van der Waals surface area contributed by atoms with E-state index in [9.17, 15) is 9.18 Å². The van der Waals surface area contributed by atoms with Crippen molar-refractivity contribution >= 4 is 23.9 Å². The lowest BCUT2D eigenvalue weighted by Gasteiger charge is -2.29. The quantitative estimate of drug-likeness (QED) is 0.412. The molecule has 0 aliphatic carbocycles. The molecule has 0 spiro atoms. The second-order valence-corrected chi connectivity index (χ2v) is 8.79. The highest BCUT2D eigenvalue weighted by molar-refractivity contribution is 5.95. The SMILES string of the molecule is C=N/C(C)=C(\C=C(/C)NC(=O)c1ccnc(C(C)(C)F)c1)c1cc(N2CCOCC2)c(OCC)nn1. The van der Waals surface area contributed by atoms with Crippen LogP contribution < -0.4 is 15.0 Å². The topological polar surface area (TPSA) is 102 Å². The molecular weight excluding hydrogens is 463 g/mol. The predicted molar refractivity (Wildman–Crippen MR) is 138 cm³/mol. The van der Waals surface area contributed by atoms with Crippen LogP contribution in [0, 0.1) is 0 Å². The predicted octanol–water partition coefficient (Wildman–Crippen LogP) is 4.08. The first-order valence-corrected chi connectivity index (χ1v) is 11.8. The highest BCUT2D eigenvalue weighted by Gasteiger charge is 2.22. The van der Waals surface area contributed by atoms with Crippen LogP contribution in [-0.4, -0.2) is 60.7 Å². The fourth-order valence-electron chi connectivity index (χ4n) is 3.62. The van der Waals surface area contributed by atoms with E-state index in [4.69, 9.17) is 9.47 Å². The Balaban J connectivity index is 1.92. The minimum atomic E-state index is -1.66. The normalized spacial score (nSPS) is 15.3. The van der Waals surface area contributed by atoms with Crippen molar-refractivity contribution in [3.8, 4) is 5.88 Å². The molecule has 2 aromatic heterocycles. The summed E-state index contributed by atoms with van der Waals surface area (Å²) in [6, 6.07) is 4.89. The number of rotatable bonds is 9. The Morgan fingerprint density at radius 3 is 2.67 bits per heavy atom. The van der Waals surface area contributed by atoms with Gasteiger partial charge in [0.15, 0.2) is 0 Å². The number of carbonyl (C=O) groups excluding carboxylic acids is 1. The number of nitrogens with one attached hydrogen (secondary N) is 1. The van der Waals surface area contributed by atoms with Gasteiger partial charge in [-0.3, -0.25) is 14.8 Å². The molecule has 0 radical (unpaired) electrons. The molecule has 192 valence electrons. The van der Waals surface area contributed by atoms with Gasteiger partial charge in [0.05, 0.1) is 31.2 Å². The maximum Gasteiger partial charge on any atom is 0.257 e. The van der Waals surface area contributed by atoms with Gasteiger partial charge in [-0.05, 0) is 65.6 Å². The summed E-state index contributed by atoms with van der Waals surface area (Å²) in [5, 5.41) is 11.5. The van der Waals surface area contributed by atoms with E-state index in [2.05, 4.69) is 37.1 Å². The Labute approximate surface area is 211 Å². The molecule has 10 heteroatoms. The van der Waals surface area contributed by atoms with E-state index in [-0.39, 0.29) is 11.6 Å². The van der Waals surface area contributed by atoms with E-state index in [1.807, 2.05) is 13.0 Å². The second kappa shape index (κ2) is 11.9. The average molecular weight is 497 g/mol. The van der Waals surface area contributed by atoms with Crippen molar-refractivity contribution < 1.29 is 18.7 Å². The molecule has 1 aliphatic rings. The zero-order valence-electron chi connectivity index (χ0n) is 21.5. The molecule has 9 nitrogen and oxygen atoms in total. The van der Waals surface area contributed by atoms with E-state index in [0.29, 0.717) is 67.0 Å². The van der Waals surface area contributed by atoms with Crippen molar-refractivity contribution in [1.29, 1.82) is 0 Å². The van der Waals surface area contributed by atoms with Crippen molar-refractivity contribution in [2.24, 2.45) is 4.99 Å². The minimum Gasteiger partial charge on any atom is -0.475 e. The van der Waals surface area contributed by atoms with Crippen molar-refractivity contribution in [2.75, 3.05) is 37.8 Å². The lowest BCUT2D eigenvalue weighted by atomic mass is 10.0. The number of halogens is 1. The molecule has 1 aliphatic heterocycles. The molecule has 1 N–H and O–H groups in total. The van der Waals surface area contributed by atoms with Crippen LogP contribution in [0.5, 0.6) is 5.88 Å². The molecule has 1 amide bonds. The van der Waals surface area contributed by atoms with Crippen molar-refractivity contribution in [1.82, 2.24) is 20.5 Å². The molecule has 0 bridgehead atoms. The van der Waals surface area contributed by atoms with Crippen LogP contribution in [-0.2, 0) is 10.4 Å². The van der Waals surface area contributed by atoms with Gasteiger partial charge in [0.25, 0.3) is 11.8 Å². The zero-order chi connectivity index (χ0) is 26.3. The first-order valence-electron chi connectivity index (χ1n) is 11.8. The maximum atomic E-state index is 14.3. The maximum absolute atomic E-state index is 14.3. The van der Waals surface area contributed by atoms with E-state index < -0.39 is 5.67 Å². The smallest absolute Gasteiger partial charge is 0.257 e. The Kier molecular flexibility index (Phi) is 8.87. The zero-order valence-corrected chi connectivity index (χ0v) is 21.5. The number of anilines is 1. The Bertz CT molecular complexity index is 1170. The fourth-order valence-corrected chi connectivity index (χ4v) is 3.62. The third-order valence-electron chi connectivity index (χ3n) is 5.58. The van der Waals surface area contributed by atoms with Gasteiger partial charge >= 0.3 is 0 Å². The number of aromatic nitrogens is 3. The van der Waals surface area contributed by atoms with E-state index in [1.165, 1.54) is 32.2 Å². The third kappa shape index (κ3) is 6.72. The summed E-state index contributed by atoms with van der Waals surface area (Å²) in [5.41, 5.74) is 2.00. The van der Waals surface area contributed by atoms with Crippen LogP contribution in [0.3, 0.4) is 0 Å². The highest BCUT2D eigenvalue weighted by Crippen LogP contribution is 2.31. The number of amides is 1. The largest absolute Gasteiger partial charge is 0.475 e. The molecule has 0 aromatic carbocycles. The number of aliphatic imine (C=N–C) groups is 1. The number of alkyl halides is 1. The van der Waals surface area contributed by atoms with Crippen LogP contribution in [0.4, 0.5) is 10.1 Å². The summed E-state index contributed by atoms with van der Waals surface area (Å²) >= 11 is 0. The highest BCUT2D eigenvalue weighted by atomic mass is 19.1. The fraction of sp³-hybridized carbons (Fsp3) is 0.423. The van der Waals surface area contributed by atoms with Gasteiger partial charge in [0, 0.05) is 41.8 Å². The van der Waals surface area contributed by atoms with Crippen LogP contribution in [0.1, 0.15) is 56.4 Å². The summed E-state index contributed by atoms with van der Waals surface area (Å²) < 4.78 is 25.5. The first-order chi connectivity index (χ1) is 17.1. The molecular formula is C26H33FN6O3. The summed E-state index contributed by atoms with van der Waals surface area (Å²) in [5.74, 6) is 0.0667. The minimum absolute atomic E-state index is 0.185. The Hall–Kier alpha value is -3.66. The first kappa shape index (κ1) is 26.9. The lowest BCUT2D eigenvalue weighted by Crippen LogP contribution is -2.36. The van der Waals surface area contributed by atoms with Gasteiger partial charge in [-0.25, -0.2) is 4.39 Å². The molecule has 3 rings (SSSR count). The molecule has 3 heterocycles. The lowest BCUT2D eigenvalue weighted by molar-refractivity contribution is 0.0965. The van der Waals surface area contributed by atoms with Crippen molar-refractivity contribution in [3.63, 3.8) is 0 Å².